The summed E-state index contributed by atoms with van der Waals surface area (Å²) in [6, 6.07) is 6.90. The number of fused-ring (bicyclic) bond motifs is 1. The van der Waals surface area contributed by atoms with Gasteiger partial charge in [-0.2, -0.15) is 0 Å². The molecule has 0 bridgehead atoms. The van der Waals surface area contributed by atoms with Crippen molar-refractivity contribution < 1.29 is 19.4 Å². The van der Waals surface area contributed by atoms with Gasteiger partial charge in [0.15, 0.2) is 6.04 Å². The number of morpholine rings is 1. The van der Waals surface area contributed by atoms with Crippen molar-refractivity contribution in [3.05, 3.63) is 35.5 Å². The summed E-state index contributed by atoms with van der Waals surface area (Å²) >= 11 is 0. The van der Waals surface area contributed by atoms with Crippen LogP contribution in [-0.2, 0) is 20.7 Å². The van der Waals surface area contributed by atoms with Crippen molar-refractivity contribution >= 4 is 22.8 Å². The van der Waals surface area contributed by atoms with Crippen molar-refractivity contribution in [1.29, 1.82) is 0 Å². The van der Waals surface area contributed by atoms with Crippen LogP contribution in [0.25, 0.3) is 10.9 Å². The number of H-pyrrole nitrogens is 1. The number of aliphatic carboxylic acids is 1. The number of aromatic nitrogens is 1. The van der Waals surface area contributed by atoms with E-state index in [-0.39, 0.29) is 18.9 Å². The molecule has 22 heavy (non-hydrogen) atoms. The molecule has 1 aromatic heterocycles. The normalized spacial score (nSPS) is 18.6. The van der Waals surface area contributed by atoms with E-state index in [4.69, 9.17) is 4.74 Å². The van der Waals surface area contributed by atoms with E-state index in [0.717, 1.165) is 22.2 Å². The topological polar surface area (TPSA) is 82.6 Å². The van der Waals surface area contributed by atoms with E-state index in [9.17, 15) is 14.7 Å². The summed E-state index contributed by atoms with van der Waals surface area (Å²) < 4.78 is 5.17. The second kappa shape index (κ2) is 5.81. The van der Waals surface area contributed by atoms with Crippen LogP contribution >= 0.6 is 0 Å². The third-order valence-corrected chi connectivity index (χ3v) is 4.09. The molecule has 1 saturated heterocycles. The van der Waals surface area contributed by atoms with E-state index in [1.165, 1.54) is 4.90 Å². The number of benzene rings is 1. The molecule has 1 atom stereocenters. The number of carboxylic acid groups (broad SMARTS) is 1. The molecule has 2 N–H and O–H groups in total. The second-order valence-electron chi connectivity index (χ2n) is 5.47. The number of nitrogens with one attached hydrogen (secondary N) is 1. The van der Waals surface area contributed by atoms with Gasteiger partial charge in [0.2, 0.25) is 5.91 Å². The third kappa shape index (κ3) is 2.57. The van der Waals surface area contributed by atoms with E-state index in [2.05, 4.69) is 4.98 Å². The first-order valence-electron chi connectivity index (χ1n) is 7.24. The standard InChI is InChI=1S/C16H18N2O4/c1-10-12(11-4-2-3-5-13(11)17-10)8-15(19)18-6-7-22-9-14(18)16(20)21/h2-5,14,17H,6-9H2,1H3,(H,20,21). The summed E-state index contributed by atoms with van der Waals surface area (Å²) in [5, 5.41) is 10.2. The van der Waals surface area contributed by atoms with E-state index in [1.54, 1.807) is 0 Å². The molecule has 1 aromatic carbocycles. The minimum Gasteiger partial charge on any atom is -0.480 e. The Bertz CT molecular complexity index is 722. The Morgan fingerprint density at radius 2 is 2.18 bits per heavy atom. The van der Waals surface area contributed by atoms with Gasteiger partial charge < -0.3 is 19.7 Å². The maximum Gasteiger partial charge on any atom is 0.328 e. The number of ether oxygens (including phenoxy) is 1. The summed E-state index contributed by atoms with van der Waals surface area (Å²) in [6.45, 7) is 2.67. The first kappa shape index (κ1) is 14.6. The van der Waals surface area contributed by atoms with Gasteiger partial charge in [-0.05, 0) is 18.6 Å². The van der Waals surface area contributed by atoms with Crippen LogP contribution in [0, 0.1) is 6.92 Å². The smallest absolute Gasteiger partial charge is 0.328 e. The van der Waals surface area contributed by atoms with Crippen LogP contribution in [-0.4, -0.2) is 52.7 Å². The lowest BCUT2D eigenvalue weighted by Gasteiger charge is -2.33. The molecule has 1 unspecified atom stereocenters. The fourth-order valence-corrected chi connectivity index (χ4v) is 2.92. The molecular weight excluding hydrogens is 284 g/mol. The summed E-state index contributed by atoms with van der Waals surface area (Å²) in [6.07, 6.45) is 0.194. The number of carboxylic acids is 1. The van der Waals surface area contributed by atoms with Gasteiger partial charge in [-0.3, -0.25) is 4.79 Å². The van der Waals surface area contributed by atoms with Gasteiger partial charge in [0.25, 0.3) is 0 Å². The van der Waals surface area contributed by atoms with Crippen LogP contribution in [0.5, 0.6) is 0 Å². The van der Waals surface area contributed by atoms with Gasteiger partial charge in [0.05, 0.1) is 19.6 Å². The van der Waals surface area contributed by atoms with Crippen LogP contribution < -0.4 is 0 Å². The Morgan fingerprint density at radius 3 is 2.95 bits per heavy atom. The van der Waals surface area contributed by atoms with Crippen molar-refractivity contribution in [2.75, 3.05) is 19.8 Å². The predicted octanol–water partition coefficient (Wildman–Crippen LogP) is 1.33. The van der Waals surface area contributed by atoms with E-state index >= 15 is 0 Å². The molecule has 3 rings (SSSR count). The minimum atomic E-state index is -1.02. The van der Waals surface area contributed by atoms with Gasteiger partial charge in [-0.1, -0.05) is 18.2 Å². The average molecular weight is 302 g/mol. The molecule has 116 valence electrons. The van der Waals surface area contributed by atoms with E-state index in [0.29, 0.717) is 13.2 Å². The van der Waals surface area contributed by atoms with Crippen molar-refractivity contribution in [2.24, 2.45) is 0 Å². The monoisotopic (exact) mass is 302 g/mol. The Kier molecular flexibility index (Phi) is 3.85. The molecule has 0 spiro atoms. The zero-order chi connectivity index (χ0) is 15.7. The molecule has 0 radical (unpaired) electrons. The van der Waals surface area contributed by atoms with Gasteiger partial charge in [-0.25, -0.2) is 4.79 Å². The lowest BCUT2D eigenvalue weighted by Crippen LogP contribution is -2.53. The lowest BCUT2D eigenvalue weighted by atomic mass is 10.1. The first-order chi connectivity index (χ1) is 10.6. The Labute approximate surface area is 127 Å². The van der Waals surface area contributed by atoms with Crippen LogP contribution in [0.2, 0.25) is 0 Å². The molecule has 2 aromatic rings. The molecule has 1 aliphatic rings. The van der Waals surface area contributed by atoms with Crippen LogP contribution in [0.1, 0.15) is 11.3 Å². The number of hydrogen-bond acceptors (Lipinski definition) is 3. The highest BCUT2D eigenvalue weighted by Gasteiger charge is 2.33. The molecule has 1 fully saturated rings. The van der Waals surface area contributed by atoms with Gasteiger partial charge in [-0.15, -0.1) is 0 Å². The number of aromatic amines is 1. The van der Waals surface area contributed by atoms with Crippen LogP contribution in [0.3, 0.4) is 0 Å². The molecule has 2 heterocycles. The number of rotatable bonds is 3. The minimum absolute atomic E-state index is 0.0495. The van der Waals surface area contributed by atoms with Crippen molar-refractivity contribution in [2.45, 2.75) is 19.4 Å². The number of nitrogens with zero attached hydrogens (tertiary/aromatic N) is 1. The third-order valence-electron chi connectivity index (χ3n) is 4.09. The molecule has 0 aliphatic carbocycles. The lowest BCUT2D eigenvalue weighted by molar-refractivity contribution is -0.157. The molecule has 1 aliphatic heterocycles. The number of carbonyl (C=O) groups excluding carboxylic acids is 1. The number of amides is 1. The first-order valence-corrected chi connectivity index (χ1v) is 7.24. The Morgan fingerprint density at radius 1 is 1.41 bits per heavy atom. The zero-order valence-corrected chi connectivity index (χ0v) is 12.3. The molecule has 6 nitrogen and oxygen atoms in total. The fraction of sp³-hybridized carbons (Fsp3) is 0.375. The SMILES string of the molecule is Cc1[nH]c2ccccc2c1CC(=O)N1CCOCC1C(=O)O. The van der Waals surface area contributed by atoms with E-state index < -0.39 is 12.0 Å². The Balaban J connectivity index is 1.86. The molecule has 1 amide bonds. The van der Waals surface area contributed by atoms with Crippen molar-refractivity contribution in [1.82, 2.24) is 9.88 Å². The van der Waals surface area contributed by atoms with Crippen LogP contribution in [0.4, 0.5) is 0 Å². The quantitative estimate of drug-likeness (QED) is 0.896. The van der Waals surface area contributed by atoms with Crippen LogP contribution in [0.15, 0.2) is 24.3 Å². The highest BCUT2D eigenvalue weighted by atomic mass is 16.5. The zero-order valence-electron chi connectivity index (χ0n) is 12.3. The largest absolute Gasteiger partial charge is 0.480 e. The number of para-hydroxylation sites is 1. The Hall–Kier alpha value is -2.34. The summed E-state index contributed by atoms with van der Waals surface area (Å²) in [4.78, 5) is 28.5. The maximum atomic E-state index is 12.6. The fourth-order valence-electron chi connectivity index (χ4n) is 2.92. The molecular formula is C16H18N2O4. The second-order valence-corrected chi connectivity index (χ2v) is 5.47. The molecule has 0 saturated carbocycles. The average Bonchev–Trinajstić information content (AvgIpc) is 2.83. The summed E-state index contributed by atoms with van der Waals surface area (Å²) in [7, 11) is 0. The number of aryl methyl sites for hydroxylation is 1. The van der Waals surface area contributed by atoms with Gasteiger partial charge in [0, 0.05) is 23.1 Å². The van der Waals surface area contributed by atoms with Crippen molar-refractivity contribution in [3.63, 3.8) is 0 Å². The summed E-state index contributed by atoms with van der Waals surface area (Å²) in [5.74, 6) is -1.20. The van der Waals surface area contributed by atoms with Gasteiger partial charge >= 0.3 is 5.97 Å². The van der Waals surface area contributed by atoms with Gasteiger partial charge in [0.1, 0.15) is 0 Å². The molecule has 6 heteroatoms. The van der Waals surface area contributed by atoms with Crippen molar-refractivity contribution in [3.8, 4) is 0 Å². The highest BCUT2D eigenvalue weighted by Crippen LogP contribution is 2.23. The summed E-state index contributed by atoms with van der Waals surface area (Å²) in [5.41, 5.74) is 2.85. The number of carbonyl (C=O) groups is 2. The van der Waals surface area contributed by atoms with E-state index in [1.807, 2.05) is 31.2 Å². The maximum absolute atomic E-state index is 12.6. The predicted molar refractivity (Wildman–Crippen MR) is 80.7 cm³/mol. The highest BCUT2D eigenvalue weighted by molar-refractivity contribution is 5.91. The number of hydrogen-bond donors (Lipinski definition) is 2.